The molecule has 2 saturated heterocycles. The molecule has 0 radical (unpaired) electrons. The van der Waals surface area contributed by atoms with Crippen molar-refractivity contribution < 1.29 is 9.59 Å². The van der Waals surface area contributed by atoms with Crippen molar-refractivity contribution in [3.05, 3.63) is 30.1 Å². The highest BCUT2D eigenvalue weighted by Crippen LogP contribution is 2.27. The van der Waals surface area contributed by atoms with Crippen LogP contribution in [0.25, 0.3) is 0 Å². The molecule has 2 amide bonds. The molecule has 1 aromatic heterocycles. The number of pyridine rings is 1. The first kappa shape index (κ1) is 17.8. The molecule has 7 nitrogen and oxygen atoms in total. The predicted octanol–water partition coefficient (Wildman–Crippen LogP) is -0.0354. The van der Waals surface area contributed by atoms with Crippen LogP contribution >= 0.6 is 0 Å². The Morgan fingerprint density at radius 3 is 3.00 bits per heavy atom. The van der Waals surface area contributed by atoms with Gasteiger partial charge in [0, 0.05) is 58.1 Å². The second-order valence-electron chi connectivity index (χ2n) is 7.08. The van der Waals surface area contributed by atoms with E-state index < -0.39 is 0 Å². The minimum Gasteiger partial charge on any atom is -0.341 e. The first-order chi connectivity index (χ1) is 12.1. The molecule has 1 N–H and O–H groups in total. The lowest BCUT2D eigenvalue weighted by Crippen LogP contribution is -2.50. The van der Waals surface area contributed by atoms with E-state index in [1.807, 2.05) is 42.2 Å². The van der Waals surface area contributed by atoms with Gasteiger partial charge >= 0.3 is 0 Å². The summed E-state index contributed by atoms with van der Waals surface area (Å²) in [5, 5.41) is 3.35. The first-order valence-electron chi connectivity index (χ1n) is 8.90. The molecule has 2 atom stereocenters. The van der Waals surface area contributed by atoms with E-state index in [1.54, 1.807) is 6.20 Å². The van der Waals surface area contributed by atoms with Crippen LogP contribution in [0.15, 0.2) is 24.5 Å². The molecule has 0 bridgehead atoms. The van der Waals surface area contributed by atoms with Crippen molar-refractivity contribution in [3.63, 3.8) is 0 Å². The van der Waals surface area contributed by atoms with Gasteiger partial charge in [0.1, 0.15) is 0 Å². The van der Waals surface area contributed by atoms with Crippen molar-refractivity contribution in [1.29, 1.82) is 0 Å². The van der Waals surface area contributed by atoms with Gasteiger partial charge in [-0.1, -0.05) is 6.07 Å². The monoisotopic (exact) mass is 345 g/mol. The number of carbonyl (C=O) groups is 2. The van der Waals surface area contributed by atoms with E-state index in [4.69, 9.17) is 0 Å². The molecule has 0 aromatic carbocycles. The lowest BCUT2D eigenvalue weighted by atomic mass is 10.0. The molecule has 0 saturated carbocycles. The fraction of sp³-hybridized carbons (Fsp3) is 0.611. The molecular formula is C18H27N5O2. The van der Waals surface area contributed by atoms with Crippen LogP contribution in [-0.2, 0) is 9.59 Å². The van der Waals surface area contributed by atoms with Crippen molar-refractivity contribution in [2.45, 2.75) is 12.5 Å². The molecule has 2 unspecified atom stereocenters. The first-order valence-corrected chi connectivity index (χ1v) is 8.90. The molecule has 3 heterocycles. The maximum Gasteiger partial charge on any atom is 0.228 e. The summed E-state index contributed by atoms with van der Waals surface area (Å²) < 4.78 is 0. The van der Waals surface area contributed by atoms with Crippen LogP contribution in [0.4, 0.5) is 0 Å². The normalized spacial score (nSPS) is 24.2. The molecule has 25 heavy (non-hydrogen) atoms. The quantitative estimate of drug-likeness (QED) is 0.811. The van der Waals surface area contributed by atoms with E-state index in [-0.39, 0.29) is 23.8 Å². The Kier molecular flexibility index (Phi) is 5.65. The number of carbonyl (C=O) groups excluding carboxylic acids is 2. The third-order valence-electron chi connectivity index (χ3n) is 4.98. The molecule has 7 heteroatoms. The predicted molar refractivity (Wildman–Crippen MR) is 94.8 cm³/mol. The van der Waals surface area contributed by atoms with E-state index in [0.29, 0.717) is 26.1 Å². The molecule has 2 aliphatic rings. The van der Waals surface area contributed by atoms with Crippen LogP contribution < -0.4 is 5.32 Å². The van der Waals surface area contributed by atoms with Gasteiger partial charge in [-0.15, -0.1) is 0 Å². The highest BCUT2D eigenvalue weighted by atomic mass is 16.2. The summed E-state index contributed by atoms with van der Waals surface area (Å²) in [4.78, 5) is 35.3. The van der Waals surface area contributed by atoms with Crippen molar-refractivity contribution in [1.82, 2.24) is 25.0 Å². The van der Waals surface area contributed by atoms with E-state index in [1.165, 1.54) is 0 Å². The number of rotatable bonds is 5. The van der Waals surface area contributed by atoms with Crippen LogP contribution in [0.5, 0.6) is 0 Å². The summed E-state index contributed by atoms with van der Waals surface area (Å²) in [5.74, 6) is -0.0451. The van der Waals surface area contributed by atoms with Crippen LogP contribution in [-0.4, -0.2) is 84.9 Å². The van der Waals surface area contributed by atoms with Crippen LogP contribution in [0, 0.1) is 5.92 Å². The molecule has 1 aromatic rings. The highest BCUT2D eigenvalue weighted by molar-refractivity contribution is 5.89. The van der Waals surface area contributed by atoms with Gasteiger partial charge in [0.15, 0.2) is 0 Å². The van der Waals surface area contributed by atoms with Gasteiger partial charge in [0.2, 0.25) is 11.8 Å². The molecular weight excluding hydrogens is 318 g/mol. The van der Waals surface area contributed by atoms with E-state index in [9.17, 15) is 9.59 Å². The summed E-state index contributed by atoms with van der Waals surface area (Å²) in [5.41, 5.74) is 1.04. The third-order valence-corrected chi connectivity index (χ3v) is 4.98. The number of piperazine rings is 1. The zero-order valence-corrected chi connectivity index (χ0v) is 15.0. The number of likely N-dealkylation sites (N-methyl/N-ethyl adjacent to an activating group) is 1. The Labute approximate surface area is 149 Å². The Morgan fingerprint density at radius 1 is 1.44 bits per heavy atom. The summed E-state index contributed by atoms with van der Waals surface area (Å²) >= 11 is 0. The number of hydrogen-bond donors (Lipinski definition) is 1. The van der Waals surface area contributed by atoms with Gasteiger partial charge in [0.25, 0.3) is 0 Å². The van der Waals surface area contributed by atoms with E-state index >= 15 is 0 Å². The molecule has 136 valence electrons. The topological polar surface area (TPSA) is 68.8 Å². The lowest BCUT2D eigenvalue weighted by molar-refractivity contribution is -0.139. The van der Waals surface area contributed by atoms with Crippen LogP contribution in [0.2, 0.25) is 0 Å². The molecule has 2 fully saturated rings. The van der Waals surface area contributed by atoms with Crippen molar-refractivity contribution in [2.75, 3.05) is 53.4 Å². The van der Waals surface area contributed by atoms with Crippen LogP contribution in [0.3, 0.4) is 0 Å². The Balaban J connectivity index is 1.68. The Morgan fingerprint density at radius 2 is 2.28 bits per heavy atom. The minimum absolute atomic E-state index is 0.0131. The largest absolute Gasteiger partial charge is 0.341 e. The SMILES string of the molecule is CN(C)CCN1CC(C(=O)N2CCNCC2c2cccnc2)CC1=O. The average Bonchev–Trinajstić information content (AvgIpc) is 3.01. The number of nitrogens with one attached hydrogen (secondary N) is 1. The third kappa shape index (κ3) is 4.16. The Bertz CT molecular complexity index is 607. The van der Waals surface area contributed by atoms with Crippen molar-refractivity contribution >= 4 is 11.8 Å². The zero-order chi connectivity index (χ0) is 17.8. The number of likely N-dealkylation sites (tertiary alicyclic amines) is 1. The summed E-state index contributed by atoms with van der Waals surface area (Å²) in [6.07, 6.45) is 3.89. The summed E-state index contributed by atoms with van der Waals surface area (Å²) in [7, 11) is 3.98. The zero-order valence-electron chi connectivity index (χ0n) is 15.0. The molecule has 2 aliphatic heterocycles. The number of aromatic nitrogens is 1. The second kappa shape index (κ2) is 7.93. The number of nitrogens with zero attached hydrogens (tertiary/aromatic N) is 4. The maximum atomic E-state index is 13.1. The minimum atomic E-state index is -0.230. The second-order valence-corrected chi connectivity index (χ2v) is 7.08. The van der Waals surface area contributed by atoms with Gasteiger partial charge in [-0.2, -0.15) is 0 Å². The maximum absolute atomic E-state index is 13.1. The standard InChI is InChI=1S/C18H27N5O2/c1-21(2)8-9-22-13-15(10-17(22)24)18(25)23-7-6-20-12-16(23)14-4-3-5-19-11-14/h3-5,11,15-16,20H,6-10,12-13H2,1-2H3. The summed E-state index contributed by atoms with van der Waals surface area (Å²) in [6.45, 7) is 4.22. The fourth-order valence-electron chi connectivity index (χ4n) is 3.55. The van der Waals surface area contributed by atoms with Crippen LogP contribution in [0.1, 0.15) is 18.0 Å². The van der Waals surface area contributed by atoms with Gasteiger partial charge < -0.3 is 20.0 Å². The molecule has 0 aliphatic carbocycles. The highest BCUT2D eigenvalue weighted by Gasteiger charge is 2.39. The van der Waals surface area contributed by atoms with Gasteiger partial charge in [-0.05, 0) is 25.7 Å². The average molecular weight is 345 g/mol. The van der Waals surface area contributed by atoms with Gasteiger partial charge in [0.05, 0.1) is 12.0 Å². The van der Waals surface area contributed by atoms with Crippen molar-refractivity contribution in [2.24, 2.45) is 5.92 Å². The molecule has 3 rings (SSSR count). The van der Waals surface area contributed by atoms with E-state index in [0.717, 1.165) is 25.2 Å². The van der Waals surface area contributed by atoms with E-state index in [2.05, 4.69) is 15.2 Å². The van der Waals surface area contributed by atoms with Crippen molar-refractivity contribution in [3.8, 4) is 0 Å². The van der Waals surface area contributed by atoms with Gasteiger partial charge in [-0.25, -0.2) is 0 Å². The Hall–Kier alpha value is -1.99. The smallest absolute Gasteiger partial charge is 0.228 e. The number of amides is 2. The fourth-order valence-corrected chi connectivity index (χ4v) is 3.55. The van der Waals surface area contributed by atoms with Gasteiger partial charge in [-0.3, -0.25) is 14.6 Å². The number of hydrogen-bond acceptors (Lipinski definition) is 5. The summed E-state index contributed by atoms with van der Waals surface area (Å²) in [6, 6.07) is 3.89. The lowest BCUT2D eigenvalue weighted by Gasteiger charge is -2.37. The molecule has 0 spiro atoms.